The van der Waals surface area contributed by atoms with Crippen LogP contribution in [-0.4, -0.2) is 81.0 Å². The Morgan fingerprint density at radius 1 is 0.822 bits per heavy atom. The highest BCUT2D eigenvalue weighted by molar-refractivity contribution is 7.09. The number of benzene rings is 2. The van der Waals surface area contributed by atoms with Crippen LogP contribution in [0, 0.1) is 0 Å². The summed E-state index contributed by atoms with van der Waals surface area (Å²) in [5.74, 6) is -0.226. The third-order valence-electron chi connectivity index (χ3n) is 7.79. The number of thiophene rings is 1. The van der Waals surface area contributed by atoms with Gasteiger partial charge in [-0.1, -0.05) is 66.7 Å². The first kappa shape index (κ1) is 34.0. The molecule has 3 unspecified atom stereocenters. The summed E-state index contributed by atoms with van der Waals surface area (Å²) in [6, 6.07) is 22.4. The molecule has 4 amide bonds. The number of alkyl carbamates (subject to hydrolysis) is 1. The molecule has 3 aromatic rings. The number of carbonyl (C=O) groups excluding carboxylic acids is 3. The lowest BCUT2D eigenvalue weighted by molar-refractivity contribution is -0.124. The van der Waals surface area contributed by atoms with Crippen molar-refractivity contribution in [1.29, 1.82) is 0 Å². The van der Waals surface area contributed by atoms with Crippen LogP contribution in [0.4, 0.5) is 9.59 Å². The first-order valence-corrected chi connectivity index (χ1v) is 16.5. The normalized spacial score (nSPS) is 15.3. The smallest absolute Gasteiger partial charge is 0.407 e. The van der Waals surface area contributed by atoms with Crippen molar-refractivity contribution >= 4 is 29.4 Å². The van der Waals surface area contributed by atoms with E-state index in [1.807, 2.05) is 78.2 Å². The van der Waals surface area contributed by atoms with E-state index in [1.54, 1.807) is 11.3 Å². The molecule has 1 aromatic heterocycles. The fraction of sp³-hybridized carbons (Fsp3) is 0.441. The van der Waals surface area contributed by atoms with Gasteiger partial charge in [-0.25, -0.2) is 9.59 Å². The largest absolute Gasteiger partial charge is 0.444 e. The Balaban J connectivity index is 1.43. The molecule has 0 radical (unpaired) electrons. The lowest BCUT2D eigenvalue weighted by Gasteiger charge is -2.29. The van der Waals surface area contributed by atoms with E-state index in [9.17, 15) is 14.4 Å². The highest BCUT2D eigenvalue weighted by atomic mass is 32.1. The molecule has 11 heteroatoms. The van der Waals surface area contributed by atoms with E-state index in [1.165, 1.54) is 7.05 Å². The molecule has 2 heterocycles. The van der Waals surface area contributed by atoms with Crippen molar-refractivity contribution < 1.29 is 23.9 Å². The van der Waals surface area contributed by atoms with Gasteiger partial charge in [-0.15, -0.1) is 11.3 Å². The molecule has 1 fully saturated rings. The minimum Gasteiger partial charge on any atom is -0.444 e. The first-order valence-electron chi connectivity index (χ1n) is 15.6. The number of morpholine rings is 1. The number of carbonyl (C=O) groups is 3. The van der Waals surface area contributed by atoms with Gasteiger partial charge in [0.1, 0.15) is 12.6 Å². The topological polar surface area (TPSA) is 121 Å². The second kappa shape index (κ2) is 18.8. The van der Waals surface area contributed by atoms with Crippen LogP contribution >= 0.6 is 11.3 Å². The maximum atomic E-state index is 13.7. The molecule has 3 atom stereocenters. The van der Waals surface area contributed by atoms with E-state index >= 15 is 0 Å². The van der Waals surface area contributed by atoms with Crippen LogP contribution in [0.15, 0.2) is 78.2 Å². The highest BCUT2D eigenvalue weighted by Gasteiger charge is 2.26. The zero-order valence-electron chi connectivity index (χ0n) is 25.9. The Labute approximate surface area is 269 Å². The Morgan fingerprint density at radius 2 is 1.44 bits per heavy atom. The van der Waals surface area contributed by atoms with Crippen molar-refractivity contribution in [2.24, 2.45) is 0 Å². The zero-order valence-corrected chi connectivity index (χ0v) is 26.7. The number of rotatable bonds is 16. The van der Waals surface area contributed by atoms with Gasteiger partial charge in [0, 0.05) is 43.6 Å². The number of nitrogens with one attached hydrogen (secondary N) is 4. The summed E-state index contributed by atoms with van der Waals surface area (Å²) in [5.41, 5.74) is 2.19. The highest BCUT2D eigenvalue weighted by Crippen LogP contribution is 2.15. The minimum atomic E-state index is -0.698. The summed E-state index contributed by atoms with van der Waals surface area (Å²) in [6.45, 7) is 3.83. The number of hydrogen-bond donors (Lipinski definition) is 4. The molecule has 10 nitrogen and oxygen atoms in total. The Morgan fingerprint density at radius 3 is 2.02 bits per heavy atom. The summed E-state index contributed by atoms with van der Waals surface area (Å²) in [7, 11) is 1.54. The number of amides is 4. The summed E-state index contributed by atoms with van der Waals surface area (Å²) in [4.78, 5) is 42.0. The Hall–Kier alpha value is -3.93. The molecule has 0 bridgehead atoms. The van der Waals surface area contributed by atoms with Crippen molar-refractivity contribution in [1.82, 2.24) is 26.2 Å². The minimum absolute atomic E-state index is 0.209. The van der Waals surface area contributed by atoms with Crippen LogP contribution in [0.3, 0.4) is 0 Å². The predicted molar refractivity (Wildman–Crippen MR) is 176 cm³/mol. The molecule has 0 spiro atoms. The second-order valence-electron chi connectivity index (χ2n) is 11.2. The van der Waals surface area contributed by atoms with E-state index in [-0.39, 0.29) is 24.6 Å². The van der Waals surface area contributed by atoms with Crippen molar-refractivity contribution in [3.63, 3.8) is 0 Å². The van der Waals surface area contributed by atoms with E-state index in [0.29, 0.717) is 51.9 Å². The molecule has 0 saturated carbocycles. The van der Waals surface area contributed by atoms with Gasteiger partial charge < -0.3 is 30.7 Å². The van der Waals surface area contributed by atoms with Crippen LogP contribution in [0.5, 0.6) is 0 Å². The van der Waals surface area contributed by atoms with Gasteiger partial charge in [0.2, 0.25) is 5.91 Å². The monoisotopic (exact) mass is 635 g/mol. The number of urea groups is 1. The van der Waals surface area contributed by atoms with Crippen molar-refractivity contribution in [2.75, 3.05) is 39.9 Å². The molecule has 45 heavy (non-hydrogen) atoms. The first-order chi connectivity index (χ1) is 22.0. The van der Waals surface area contributed by atoms with Crippen LogP contribution in [0.25, 0.3) is 0 Å². The standard InChI is InChI=1S/C34H45N5O5S/c1-35-33(41)38-31(16-17-39-18-20-43-21-19-39)32(40)36-28(23-26-9-4-2-5-10-26)14-15-29(24-27-11-6-3-7-12-27)37-34(42)44-25-30-13-8-22-45-30/h2-13,22,28-29,31H,14-21,23-25H2,1H3,(H,36,40)(H,37,42)(H2,35,38,41). The third-order valence-corrected chi connectivity index (χ3v) is 8.64. The molecular formula is C34H45N5O5S. The van der Waals surface area contributed by atoms with Crippen LogP contribution in [0.1, 0.15) is 35.3 Å². The predicted octanol–water partition coefficient (Wildman–Crippen LogP) is 4.11. The summed E-state index contributed by atoms with van der Waals surface area (Å²) >= 11 is 1.54. The van der Waals surface area contributed by atoms with Crippen molar-refractivity contribution in [3.05, 3.63) is 94.2 Å². The summed E-state index contributed by atoms with van der Waals surface area (Å²) < 4.78 is 11.0. The Kier molecular flexibility index (Phi) is 14.2. The fourth-order valence-electron chi connectivity index (χ4n) is 5.33. The molecule has 0 aliphatic carbocycles. The van der Waals surface area contributed by atoms with Crippen LogP contribution < -0.4 is 21.3 Å². The van der Waals surface area contributed by atoms with Gasteiger partial charge in [-0.2, -0.15) is 0 Å². The van der Waals surface area contributed by atoms with E-state index in [4.69, 9.17) is 9.47 Å². The van der Waals surface area contributed by atoms with Gasteiger partial charge in [0.05, 0.1) is 13.2 Å². The maximum Gasteiger partial charge on any atom is 0.407 e. The summed E-state index contributed by atoms with van der Waals surface area (Å²) in [6.07, 6.45) is 2.48. The van der Waals surface area contributed by atoms with Gasteiger partial charge in [0.25, 0.3) is 0 Å². The average molecular weight is 636 g/mol. The maximum absolute atomic E-state index is 13.7. The van der Waals surface area contributed by atoms with Gasteiger partial charge in [-0.3, -0.25) is 9.69 Å². The summed E-state index contributed by atoms with van der Waals surface area (Å²) in [5, 5.41) is 13.6. The second-order valence-corrected chi connectivity index (χ2v) is 12.2. The third kappa shape index (κ3) is 12.5. The van der Waals surface area contributed by atoms with Gasteiger partial charge in [-0.05, 0) is 54.7 Å². The number of ether oxygens (including phenoxy) is 2. The average Bonchev–Trinajstić information content (AvgIpc) is 3.59. The molecule has 1 saturated heterocycles. The van der Waals surface area contributed by atoms with Crippen molar-refractivity contribution in [2.45, 2.75) is 56.8 Å². The molecule has 2 aromatic carbocycles. The van der Waals surface area contributed by atoms with Gasteiger partial charge in [0.15, 0.2) is 0 Å². The molecule has 1 aliphatic heterocycles. The molecule has 4 rings (SSSR count). The molecular weight excluding hydrogens is 590 g/mol. The molecule has 242 valence electrons. The SMILES string of the molecule is CNC(=O)NC(CCN1CCOCC1)C(=O)NC(CCC(Cc1ccccc1)NC(=O)OCc1cccs1)Cc1ccccc1. The van der Waals surface area contributed by atoms with Gasteiger partial charge >= 0.3 is 12.1 Å². The molecule has 4 N–H and O–H groups in total. The number of nitrogens with zero attached hydrogens (tertiary/aromatic N) is 1. The fourth-order valence-corrected chi connectivity index (χ4v) is 5.94. The van der Waals surface area contributed by atoms with Crippen LogP contribution in [-0.2, 0) is 33.7 Å². The quantitative estimate of drug-likeness (QED) is 0.188. The Bertz CT molecular complexity index is 1290. The van der Waals surface area contributed by atoms with E-state index in [2.05, 4.69) is 26.2 Å². The lowest BCUT2D eigenvalue weighted by atomic mass is 9.95. The van der Waals surface area contributed by atoms with E-state index < -0.39 is 18.2 Å². The van der Waals surface area contributed by atoms with E-state index in [0.717, 1.165) is 29.1 Å². The van der Waals surface area contributed by atoms with Crippen molar-refractivity contribution in [3.8, 4) is 0 Å². The van der Waals surface area contributed by atoms with Crippen LogP contribution in [0.2, 0.25) is 0 Å². The zero-order chi connectivity index (χ0) is 31.7. The lowest BCUT2D eigenvalue weighted by Crippen LogP contribution is -2.53. The molecule has 1 aliphatic rings. The number of hydrogen-bond acceptors (Lipinski definition) is 7.